The van der Waals surface area contributed by atoms with Crippen molar-refractivity contribution in [2.24, 2.45) is 11.8 Å². The lowest BCUT2D eigenvalue weighted by atomic mass is 9.86. The summed E-state index contributed by atoms with van der Waals surface area (Å²) in [6.07, 6.45) is 12.3. The van der Waals surface area contributed by atoms with Crippen LogP contribution in [0.2, 0.25) is 0 Å². The van der Waals surface area contributed by atoms with Crippen LogP contribution in [0.1, 0.15) is 99.4 Å². The Morgan fingerprint density at radius 2 is 1.81 bits per heavy atom. The number of ketones is 1. The van der Waals surface area contributed by atoms with E-state index in [4.69, 9.17) is 9.84 Å². The first-order valence-corrected chi connectivity index (χ1v) is 14.3. The van der Waals surface area contributed by atoms with E-state index in [1.165, 1.54) is 38.5 Å². The van der Waals surface area contributed by atoms with Crippen molar-refractivity contribution in [2.75, 3.05) is 20.2 Å². The summed E-state index contributed by atoms with van der Waals surface area (Å²) in [5.74, 6) is 3.53. The molecule has 1 aliphatic heterocycles. The third kappa shape index (κ3) is 5.91. The zero-order chi connectivity index (χ0) is 25.9. The molecule has 1 aromatic heterocycles. The maximum atomic E-state index is 13.6. The van der Waals surface area contributed by atoms with Crippen LogP contribution in [-0.4, -0.2) is 51.6 Å². The summed E-state index contributed by atoms with van der Waals surface area (Å²) in [6, 6.07) is 6.58. The lowest BCUT2D eigenvalue weighted by Crippen LogP contribution is -2.27. The van der Waals surface area contributed by atoms with Crippen molar-refractivity contribution in [2.45, 2.75) is 96.4 Å². The number of aryl methyl sites for hydroxylation is 3. The quantitative estimate of drug-likeness (QED) is 0.442. The molecule has 3 fully saturated rings. The maximum Gasteiger partial charge on any atom is 0.219 e. The van der Waals surface area contributed by atoms with Gasteiger partial charge < -0.3 is 14.2 Å². The molecule has 37 heavy (non-hydrogen) atoms. The second-order valence-electron chi connectivity index (χ2n) is 11.5. The Morgan fingerprint density at radius 1 is 1.03 bits per heavy atom. The second kappa shape index (κ2) is 11.4. The Kier molecular flexibility index (Phi) is 7.96. The average Bonchev–Trinajstić information content (AvgIpc) is 3.49. The number of Topliss-reactive ketones (excluding diaryl/α,β-unsaturated/α-hetero) is 1. The van der Waals surface area contributed by atoms with Gasteiger partial charge in [-0.15, -0.1) is 10.2 Å². The summed E-state index contributed by atoms with van der Waals surface area (Å²) in [6.45, 7) is 4.66. The Balaban J connectivity index is 1.33. The maximum absolute atomic E-state index is 13.6. The molecule has 2 aromatic rings. The van der Waals surface area contributed by atoms with Crippen molar-refractivity contribution in [3.63, 3.8) is 0 Å². The molecule has 0 N–H and O–H groups in total. The zero-order valence-corrected chi connectivity index (χ0v) is 22.7. The molecule has 3 aliphatic rings. The van der Waals surface area contributed by atoms with Crippen molar-refractivity contribution < 1.29 is 14.3 Å². The molecule has 0 unspecified atom stereocenters. The van der Waals surface area contributed by atoms with Gasteiger partial charge in [-0.2, -0.15) is 0 Å². The van der Waals surface area contributed by atoms with E-state index in [9.17, 15) is 9.59 Å². The van der Waals surface area contributed by atoms with Gasteiger partial charge in [-0.25, -0.2) is 0 Å². The highest BCUT2D eigenvalue weighted by atomic mass is 16.5. The minimum absolute atomic E-state index is 0.0236. The molecule has 1 aromatic carbocycles. The molecule has 0 radical (unpaired) electrons. The first kappa shape index (κ1) is 25.9. The Morgan fingerprint density at radius 3 is 2.51 bits per heavy atom. The van der Waals surface area contributed by atoms with E-state index in [-0.39, 0.29) is 23.5 Å². The molecule has 200 valence electrons. The van der Waals surface area contributed by atoms with Crippen LogP contribution in [0.5, 0.6) is 5.75 Å². The average molecular weight is 507 g/mol. The van der Waals surface area contributed by atoms with E-state index in [2.05, 4.69) is 21.8 Å². The normalized spacial score (nSPS) is 22.4. The van der Waals surface area contributed by atoms with Crippen molar-refractivity contribution in [1.29, 1.82) is 0 Å². The minimum atomic E-state index is -0.242. The minimum Gasteiger partial charge on any atom is -0.496 e. The fourth-order valence-electron chi connectivity index (χ4n) is 6.45. The van der Waals surface area contributed by atoms with Gasteiger partial charge in [0, 0.05) is 50.7 Å². The van der Waals surface area contributed by atoms with Gasteiger partial charge in [0.05, 0.1) is 7.11 Å². The number of nitrogens with zero attached hydrogens (tertiary/aromatic N) is 4. The first-order chi connectivity index (χ1) is 17.9. The topological polar surface area (TPSA) is 77.3 Å². The van der Waals surface area contributed by atoms with Crippen molar-refractivity contribution in [3.8, 4) is 5.75 Å². The van der Waals surface area contributed by atoms with E-state index in [1.54, 1.807) is 14.0 Å². The van der Waals surface area contributed by atoms with E-state index in [0.29, 0.717) is 32.0 Å². The van der Waals surface area contributed by atoms with Crippen molar-refractivity contribution in [1.82, 2.24) is 19.7 Å². The molecule has 0 bridgehead atoms. The summed E-state index contributed by atoms with van der Waals surface area (Å²) in [5.41, 5.74) is 2.18. The molecular formula is C30H42N4O3. The zero-order valence-electron chi connectivity index (χ0n) is 22.7. The van der Waals surface area contributed by atoms with Crippen LogP contribution < -0.4 is 4.74 Å². The fraction of sp³-hybridized carbons (Fsp3) is 0.667. The standard InChI is InChI=1S/C30H42N4O3/c1-20-9-11-23(28(17-20)37-3)12-15-27(36)25-18-33(21(2)35)19-26(25)30-32-31-29(34(30)24-13-14-24)16-10-22-7-5-4-6-8-22/h9,11,17,22,24-26H,4-8,10,12-16,18-19H2,1-3H3/t25-,26-/m0/s1. The number of carbonyl (C=O) groups is 2. The predicted octanol–water partition coefficient (Wildman–Crippen LogP) is 5.21. The summed E-state index contributed by atoms with van der Waals surface area (Å²) in [7, 11) is 1.67. The summed E-state index contributed by atoms with van der Waals surface area (Å²) >= 11 is 0. The van der Waals surface area contributed by atoms with Gasteiger partial charge in [0.2, 0.25) is 5.91 Å². The van der Waals surface area contributed by atoms with Crippen LogP contribution in [0.3, 0.4) is 0 Å². The largest absolute Gasteiger partial charge is 0.496 e. The number of rotatable bonds is 10. The van der Waals surface area contributed by atoms with Gasteiger partial charge in [0.1, 0.15) is 23.2 Å². The number of amides is 1. The van der Waals surface area contributed by atoms with E-state index < -0.39 is 0 Å². The van der Waals surface area contributed by atoms with Crippen LogP contribution in [0, 0.1) is 18.8 Å². The fourth-order valence-corrected chi connectivity index (χ4v) is 6.45. The van der Waals surface area contributed by atoms with Gasteiger partial charge in [0.15, 0.2) is 0 Å². The lowest BCUT2D eigenvalue weighted by Gasteiger charge is -2.22. The van der Waals surface area contributed by atoms with Crippen LogP contribution in [0.25, 0.3) is 0 Å². The highest BCUT2D eigenvalue weighted by Crippen LogP contribution is 2.42. The summed E-state index contributed by atoms with van der Waals surface area (Å²) < 4.78 is 7.92. The van der Waals surface area contributed by atoms with Gasteiger partial charge >= 0.3 is 0 Å². The monoisotopic (exact) mass is 506 g/mol. The molecular weight excluding hydrogens is 464 g/mol. The van der Waals surface area contributed by atoms with Gasteiger partial charge in [0.25, 0.3) is 0 Å². The third-order valence-electron chi connectivity index (χ3n) is 8.80. The van der Waals surface area contributed by atoms with Crippen molar-refractivity contribution >= 4 is 11.7 Å². The molecule has 2 atom stereocenters. The SMILES string of the molecule is COc1cc(C)ccc1CCC(=O)[C@H]1CN(C(C)=O)C[C@@H]1c1nnc(CCC2CCCCC2)n1C1CC1. The van der Waals surface area contributed by atoms with E-state index in [1.807, 2.05) is 17.9 Å². The molecule has 2 aliphatic carbocycles. The highest BCUT2D eigenvalue weighted by molar-refractivity contribution is 5.84. The second-order valence-corrected chi connectivity index (χ2v) is 11.5. The number of carbonyl (C=O) groups excluding carboxylic acids is 2. The van der Waals surface area contributed by atoms with Gasteiger partial charge in [-0.3, -0.25) is 9.59 Å². The van der Waals surface area contributed by atoms with E-state index >= 15 is 0 Å². The van der Waals surface area contributed by atoms with Crippen LogP contribution >= 0.6 is 0 Å². The molecule has 2 heterocycles. The number of hydrogen-bond donors (Lipinski definition) is 0. The van der Waals surface area contributed by atoms with Crippen LogP contribution in [0.4, 0.5) is 0 Å². The van der Waals surface area contributed by atoms with Crippen LogP contribution in [0.15, 0.2) is 18.2 Å². The molecule has 1 saturated heterocycles. The predicted molar refractivity (Wildman–Crippen MR) is 143 cm³/mol. The Labute approximate surface area is 221 Å². The number of aromatic nitrogens is 3. The lowest BCUT2D eigenvalue weighted by molar-refractivity contribution is -0.128. The number of methoxy groups -OCH3 is 1. The highest BCUT2D eigenvalue weighted by Gasteiger charge is 2.43. The molecule has 7 heteroatoms. The number of hydrogen-bond acceptors (Lipinski definition) is 5. The molecule has 2 saturated carbocycles. The Bertz CT molecular complexity index is 1120. The molecule has 1 amide bonds. The third-order valence-corrected chi connectivity index (χ3v) is 8.80. The molecule has 7 nitrogen and oxygen atoms in total. The van der Waals surface area contributed by atoms with Gasteiger partial charge in [-0.1, -0.05) is 44.2 Å². The number of likely N-dealkylation sites (tertiary alicyclic amines) is 1. The van der Waals surface area contributed by atoms with Gasteiger partial charge in [-0.05, 0) is 55.7 Å². The summed E-state index contributed by atoms with van der Waals surface area (Å²) in [4.78, 5) is 27.8. The molecule has 5 rings (SSSR count). The number of benzene rings is 1. The molecule has 0 spiro atoms. The smallest absolute Gasteiger partial charge is 0.219 e. The van der Waals surface area contributed by atoms with Crippen LogP contribution in [-0.2, 0) is 22.4 Å². The van der Waals surface area contributed by atoms with E-state index in [0.717, 1.165) is 53.7 Å². The number of ether oxygens (including phenoxy) is 1. The first-order valence-electron chi connectivity index (χ1n) is 14.3. The summed E-state index contributed by atoms with van der Waals surface area (Å²) in [5, 5.41) is 9.38. The Hall–Kier alpha value is -2.70. The van der Waals surface area contributed by atoms with Crippen molar-refractivity contribution in [3.05, 3.63) is 41.0 Å².